The molecule has 2 N–H and O–H groups in total. The van der Waals surface area contributed by atoms with Gasteiger partial charge in [0.15, 0.2) is 5.16 Å². The molecule has 140 valence electrons. The van der Waals surface area contributed by atoms with Crippen molar-refractivity contribution in [2.45, 2.75) is 24.9 Å². The van der Waals surface area contributed by atoms with Crippen molar-refractivity contribution in [2.75, 3.05) is 5.75 Å². The van der Waals surface area contributed by atoms with E-state index >= 15 is 0 Å². The molecule has 0 aliphatic heterocycles. The number of aliphatic hydroxyl groups excluding tert-OH is 1. The van der Waals surface area contributed by atoms with Crippen LogP contribution in [0.4, 0.5) is 0 Å². The van der Waals surface area contributed by atoms with Crippen LogP contribution in [-0.2, 0) is 24.5 Å². The molecule has 0 aliphatic rings. The summed E-state index contributed by atoms with van der Waals surface area (Å²) in [5.74, 6) is 0.199. The summed E-state index contributed by atoms with van der Waals surface area (Å²) in [4.78, 5) is 16.5. The number of amides is 1. The van der Waals surface area contributed by atoms with Crippen LogP contribution in [0.1, 0.15) is 16.8 Å². The number of rotatable bonds is 8. The fourth-order valence-electron chi connectivity index (χ4n) is 2.52. The van der Waals surface area contributed by atoms with Crippen molar-refractivity contribution in [1.29, 1.82) is 0 Å². The molecule has 7 heteroatoms. The average Bonchev–Trinajstić information content (AvgIpc) is 3.09. The highest BCUT2D eigenvalue weighted by Crippen LogP contribution is 2.20. The smallest absolute Gasteiger partial charge is 0.230 e. The van der Waals surface area contributed by atoms with Crippen LogP contribution in [0.15, 0.2) is 66.0 Å². The Morgan fingerprint density at radius 2 is 1.85 bits per heavy atom. The van der Waals surface area contributed by atoms with Crippen LogP contribution < -0.4 is 5.32 Å². The van der Waals surface area contributed by atoms with Crippen LogP contribution in [0.2, 0.25) is 5.02 Å². The number of imidazole rings is 1. The van der Waals surface area contributed by atoms with E-state index in [2.05, 4.69) is 10.3 Å². The number of aromatic nitrogens is 2. The van der Waals surface area contributed by atoms with Crippen molar-refractivity contribution in [2.24, 2.45) is 0 Å². The van der Waals surface area contributed by atoms with Gasteiger partial charge in [-0.2, -0.15) is 0 Å². The third-order valence-corrected chi connectivity index (χ3v) is 5.13. The maximum Gasteiger partial charge on any atom is 0.230 e. The summed E-state index contributed by atoms with van der Waals surface area (Å²) in [6.07, 6.45) is 1.80. The third-order valence-electron chi connectivity index (χ3n) is 3.88. The number of carbonyl (C=O) groups is 1. The fraction of sp³-hybridized carbons (Fsp3) is 0.200. The fourth-order valence-corrected chi connectivity index (χ4v) is 3.47. The van der Waals surface area contributed by atoms with Crippen molar-refractivity contribution in [3.05, 3.63) is 82.6 Å². The van der Waals surface area contributed by atoms with Crippen molar-refractivity contribution < 1.29 is 9.90 Å². The first kappa shape index (κ1) is 19.5. The van der Waals surface area contributed by atoms with Gasteiger partial charge < -0.3 is 15.0 Å². The minimum atomic E-state index is -0.138. The zero-order valence-electron chi connectivity index (χ0n) is 14.6. The Hall–Kier alpha value is -2.28. The number of thioether (sulfide) groups is 1. The molecule has 0 spiro atoms. The van der Waals surface area contributed by atoms with Gasteiger partial charge in [-0.15, -0.1) is 0 Å². The molecule has 27 heavy (non-hydrogen) atoms. The van der Waals surface area contributed by atoms with Gasteiger partial charge in [0.25, 0.3) is 0 Å². The lowest BCUT2D eigenvalue weighted by molar-refractivity contribution is -0.118. The number of halogens is 1. The second-order valence-electron chi connectivity index (χ2n) is 5.98. The van der Waals surface area contributed by atoms with E-state index in [9.17, 15) is 9.90 Å². The second-order valence-corrected chi connectivity index (χ2v) is 7.36. The van der Waals surface area contributed by atoms with Crippen molar-refractivity contribution in [1.82, 2.24) is 14.9 Å². The highest BCUT2D eigenvalue weighted by atomic mass is 35.5. The summed E-state index contributed by atoms with van der Waals surface area (Å²) in [5.41, 5.74) is 2.70. The lowest BCUT2D eigenvalue weighted by Gasteiger charge is -2.08. The number of benzene rings is 2. The number of hydrogen-bond donors (Lipinski definition) is 2. The highest BCUT2D eigenvalue weighted by molar-refractivity contribution is 7.99. The zero-order chi connectivity index (χ0) is 19.1. The Bertz CT molecular complexity index is 882. The molecule has 5 nitrogen and oxygen atoms in total. The number of hydrogen-bond acceptors (Lipinski definition) is 4. The SMILES string of the molecule is O=C(CSc1nc(CO)cn1Cc1ccc(Cl)cc1)NCc1ccccc1. The minimum Gasteiger partial charge on any atom is -0.390 e. The van der Waals surface area contributed by atoms with Gasteiger partial charge >= 0.3 is 0 Å². The number of nitrogens with one attached hydrogen (secondary N) is 1. The van der Waals surface area contributed by atoms with Crippen LogP contribution >= 0.6 is 23.4 Å². The molecule has 3 aromatic rings. The Kier molecular flexibility index (Phi) is 6.92. The summed E-state index contributed by atoms with van der Waals surface area (Å²) < 4.78 is 1.93. The van der Waals surface area contributed by atoms with Crippen molar-refractivity contribution >= 4 is 29.3 Å². The Labute approximate surface area is 167 Å². The van der Waals surface area contributed by atoms with E-state index in [1.165, 1.54) is 11.8 Å². The van der Waals surface area contributed by atoms with Crippen molar-refractivity contribution in [3.63, 3.8) is 0 Å². The molecule has 3 rings (SSSR count). The number of nitrogens with zero attached hydrogens (tertiary/aromatic N) is 2. The number of aliphatic hydroxyl groups is 1. The van der Waals surface area contributed by atoms with Crippen LogP contribution in [0.5, 0.6) is 0 Å². The normalized spacial score (nSPS) is 10.7. The van der Waals surface area contributed by atoms with Gasteiger partial charge in [-0.25, -0.2) is 4.98 Å². The molecule has 0 atom stereocenters. The monoisotopic (exact) mass is 401 g/mol. The maximum atomic E-state index is 12.1. The van der Waals surface area contributed by atoms with Crippen LogP contribution in [-0.4, -0.2) is 26.3 Å². The lowest BCUT2D eigenvalue weighted by Crippen LogP contribution is -2.24. The second kappa shape index (κ2) is 9.60. The van der Waals surface area contributed by atoms with Crippen LogP contribution in [0.25, 0.3) is 0 Å². The molecule has 0 bridgehead atoms. The Balaban J connectivity index is 1.59. The van der Waals surface area contributed by atoms with Gasteiger partial charge in [-0.1, -0.05) is 65.8 Å². The predicted octanol–water partition coefficient (Wildman–Crippen LogP) is 3.49. The average molecular weight is 402 g/mol. The van der Waals surface area contributed by atoms with Crippen molar-refractivity contribution in [3.8, 4) is 0 Å². The summed E-state index contributed by atoms with van der Waals surface area (Å²) in [7, 11) is 0. The van der Waals surface area contributed by atoms with E-state index in [1.54, 1.807) is 6.20 Å². The van der Waals surface area contributed by atoms with Gasteiger partial charge in [0, 0.05) is 24.3 Å². The first-order valence-corrected chi connectivity index (χ1v) is 9.85. The van der Waals surface area contributed by atoms with Gasteiger partial charge in [0.05, 0.1) is 18.1 Å². The topological polar surface area (TPSA) is 67.1 Å². The molecule has 1 amide bonds. The van der Waals surface area contributed by atoms with E-state index in [4.69, 9.17) is 11.6 Å². The number of carbonyl (C=O) groups excluding carboxylic acids is 1. The largest absolute Gasteiger partial charge is 0.390 e. The summed E-state index contributed by atoms with van der Waals surface area (Å²) in [6, 6.07) is 17.3. The molecule has 1 heterocycles. The Morgan fingerprint density at radius 3 is 2.56 bits per heavy atom. The molecule has 0 fully saturated rings. The van der Waals surface area contributed by atoms with Gasteiger partial charge in [0.1, 0.15) is 0 Å². The molecular weight excluding hydrogens is 382 g/mol. The Morgan fingerprint density at radius 1 is 1.11 bits per heavy atom. The first-order valence-electron chi connectivity index (χ1n) is 8.49. The van der Waals surface area contributed by atoms with Gasteiger partial charge in [-0.05, 0) is 23.3 Å². The lowest BCUT2D eigenvalue weighted by atomic mass is 10.2. The summed E-state index contributed by atoms with van der Waals surface area (Å²) in [6.45, 7) is 0.959. The molecular formula is C20H20ClN3O2S. The van der Waals surface area contributed by atoms with E-state index in [-0.39, 0.29) is 18.3 Å². The first-order chi connectivity index (χ1) is 13.1. The quantitative estimate of drug-likeness (QED) is 0.567. The minimum absolute atomic E-state index is 0.0598. The molecule has 0 radical (unpaired) electrons. The van der Waals surface area contributed by atoms with E-state index in [0.29, 0.717) is 29.0 Å². The van der Waals surface area contributed by atoms with E-state index in [0.717, 1.165) is 11.1 Å². The van der Waals surface area contributed by atoms with Gasteiger partial charge in [0.2, 0.25) is 5.91 Å². The standard InChI is InChI=1S/C20H20ClN3O2S/c21-17-8-6-16(7-9-17)11-24-12-18(13-25)23-20(24)27-14-19(26)22-10-15-4-2-1-3-5-15/h1-9,12,25H,10-11,13-14H2,(H,22,26). The van der Waals surface area contributed by atoms with E-state index in [1.807, 2.05) is 59.2 Å². The molecule has 1 aromatic heterocycles. The highest BCUT2D eigenvalue weighted by Gasteiger charge is 2.11. The zero-order valence-corrected chi connectivity index (χ0v) is 16.2. The summed E-state index contributed by atoms with van der Waals surface area (Å²) >= 11 is 7.28. The molecule has 2 aromatic carbocycles. The van der Waals surface area contributed by atoms with E-state index < -0.39 is 0 Å². The molecule has 0 saturated carbocycles. The third kappa shape index (κ3) is 5.85. The van der Waals surface area contributed by atoms with Crippen LogP contribution in [0.3, 0.4) is 0 Å². The predicted molar refractivity (Wildman–Crippen MR) is 108 cm³/mol. The molecule has 0 aliphatic carbocycles. The summed E-state index contributed by atoms with van der Waals surface area (Å²) in [5, 5.41) is 13.7. The molecule has 0 saturated heterocycles. The van der Waals surface area contributed by atoms with Gasteiger partial charge in [-0.3, -0.25) is 4.79 Å². The maximum absolute atomic E-state index is 12.1. The van der Waals surface area contributed by atoms with Crippen LogP contribution in [0, 0.1) is 0 Å². The molecule has 0 unspecified atom stereocenters.